The number of ketones is 1. The number of carbonyl (C=O) groups is 1. The molecule has 2 N–H and O–H groups in total. The summed E-state index contributed by atoms with van der Waals surface area (Å²) in [5, 5.41) is 0.568. The number of anilines is 1. The van der Waals surface area contributed by atoms with Gasteiger partial charge in [-0.3, -0.25) is 4.79 Å². The highest BCUT2D eigenvalue weighted by molar-refractivity contribution is 7.73. The molecule has 0 saturated heterocycles. The van der Waals surface area contributed by atoms with Gasteiger partial charge in [-0.1, -0.05) is 41.7 Å². The lowest BCUT2D eigenvalue weighted by Gasteiger charge is -2.32. The molecule has 1 atom stereocenters. The van der Waals surface area contributed by atoms with Crippen molar-refractivity contribution in [3.8, 4) is 5.88 Å². The Balaban J connectivity index is 2.01. The summed E-state index contributed by atoms with van der Waals surface area (Å²) in [4.78, 5) is 16.9. The first-order valence-corrected chi connectivity index (χ1v) is 8.67. The molecule has 0 saturated carbocycles. The molecule has 4 rings (SSSR count). The van der Waals surface area contributed by atoms with E-state index < -0.39 is 0 Å². The third-order valence-electron chi connectivity index (χ3n) is 4.22. The largest absolute Gasteiger partial charge is 0.442 e. The smallest absolute Gasteiger partial charge is 0.228 e. The minimum atomic E-state index is -0.220. The normalized spacial score (nSPS) is 19.8. The summed E-state index contributed by atoms with van der Waals surface area (Å²) in [6.45, 7) is 0. The first-order chi connectivity index (χ1) is 11.1. The Bertz CT molecular complexity index is 887. The molecule has 2 aliphatic rings. The van der Waals surface area contributed by atoms with Gasteiger partial charge in [0.2, 0.25) is 5.88 Å². The Labute approximate surface area is 142 Å². The van der Waals surface area contributed by atoms with Gasteiger partial charge in [0.1, 0.15) is 5.76 Å². The SMILES string of the molecule is Nc1sc(=S)nc2c1C(c1ccccc1)C1=C(CCCC1=O)O2. The van der Waals surface area contributed by atoms with Crippen LogP contribution in [0.5, 0.6) is 5.88 Å². The zero-order valence-electron chi connectivity index (χ0n) is 12.2. The third kappa shape index (κ3) is 2.38. The number of aromatic nitrogens is 1. The minimum Gasteiger partial charge on any atom is -0.442 e. The van der Waals surface area contributed by atoms with Crippen LogP contribution >= 0.6 is 23.6 Å². The van der Waals surface area contributed by atoms with E-state index in [1.807, 2.05) is 30.3 Å². The molecule has 1 unspecified atom stereocenters. The van der Waals surface area contributed by atoms with Gasteiger partial charge in [0.25, 0.3) is 0 Å². The van der Waals surface area contributed by atoms with Gasteiger partial charge in [-0.25, -0.2) is 0 Å². The van der Waals surface area contributed by atoms with Gasteiger partial charge in [0.05, 0.1) is 10.6 Å². The molecule has 0 bridgehead atoms. The van der Waals surface area contributed by atoms with E-state index in [1.54, 1.807) is 0 Å². The maximum Gasteiger partial charge on any atom is 0.228 e. The summed E-state index contributed by atoms with van der Waals surface area (Å²) in [6.07, 6.45) is 2.10. The van der Waals surface area contributed by atoms with Gasteiger partial charge in [-0.2, -0.15) is 4.98 Å². The Morgan fingerprint density at radius 1 is 1.26 bits per heavy atom. The van der Waals surface area contributed by atoms with E-state index in [9.17, 15) is 4.79 Å². The Kier molecular flexibility index (Phi) is 3.50. The Morgan fingerprint density at radius 3 is 2.83 bits per heavy atom. The molecule has 1 aromatic heterocycles. The molecule has 4 nitrogen and oxygen atoms in total. The predicted octanol–water partition coefficient (Wildman–Crippen LogP) is 3.99. The highest BCUT2D eigenvalue weighted by Gasteiger charge is 2.38. The third-order valence-corrected chi connectivity index (χ3v) is 5.27. The molecule has 0 radical (unpaired) electrons. The lowest BCUT2D eigenvalue weighted by atomic mass is 9.78. The van der Waals surface area contributed by atoms with Crippen molar-refractivity contribution in [2.75, 3.05) is 5.73 Å². The zero-order chi connectivity index (χ0) is 16.0. The van der Waals surface area contributed by atoms with E-state index in [4.69, 9.17) is 22.7 Å². The number of hydrogen-bond donors (Lipinski definition) is 1. The van der Waals surface area contributed by atoms with Crippen LogP contribution in [0.3, 0.4) is 0 Å². The summed E-state index contributed by atoms with van der Waals surface area (Å²) in [5.41, 5.74) is 8.76. The van der Waals surface area contributed by atoms with E-state index in [2.05, 4.69) is 4.98 Å². The van der Waals surface area contributed by atoms with Gasteiger partial charge in [0.15, 0.2) is 9.74 Å². The average molecular weight is 342 g/mol. The Morgan fingerprint density at radius 2 is 2.04 bits per heavy atom. The van der Waals surface area contributed by atoms with Crippen LogP contribution < -0.4 is 10.5 Å². The lowest BCUT2D eigenvalue weighted by Crippen LogP contribution is -2.26. The van der Waals surface area contributed by atoms with Crippen molar-refractivity contribution >= 4 is 34.3 Å². The predicted molar refractivity (Wildman–Crippen MR) is 92.2 cm³/mol. The van der Waals surface area contributed by atoms with Crippen molar-refractivity contribution in [3.05, 3.63) is 56.7 Å². The van der Waals surface area contributed by atoms with E-state index in [0.717, 1.165) is 35.3 Å². The molecular formula is C17H14N2O2S2. The maximum absolute atomic E-state index is 12.6. The number of nitrogens with two attached hydrogens (primary N) is 1. The van der Waals surface area contributed by atoms with Gasteiger partial charge < -0.3 is 10.5 Å². The molecule has 1 aromatic carbocycles. The second-order valence-corrected chi connectivity index (χ2v) is 7.30. The molecule has 0 amide bonds. The molecule has 1 aliphatic carbocycles. The number of fused-ring (bicyclic) bond motifs is 1. The number of ether oxygens (including phenoxy) is 1. The van der Waals surface area contributed by atoms with Crippen molar-refractivity contribution in [2.24, 2.45) is 0 Å². The number of nitrogen functional groups attached to an aromatic ring is 1. The second kappa shape index (κ2) is 5.54. The van der Waals surface area contributed by atoms with Crippen LogP contribution in [-0.4, -0.2) is 10.8 Å². The fourth-order valence-corrected chi connectivity index (χ4v) is 4.25. The van der Waals surface area contributed by atoms with Crippen LogP contribution in [0.2, 0.25) is 0 Å². The van der Waals surface area contributed by atoms with E-state index in [-0.39, 0.29) is 11.7 Å². The summed E-state index contributed by atoms with van der Waals surface area (Å²) in [7, 11) is 0. The summed E-state index contributed by atoms with van der Waals surface area (Å²) >= 11 is 6.43. The standard InChI is InChI=1S/C17H14N2O2S2/c18-15-14-12(9-5-2-1-3-6-9)13-10(20)7-4-8-11(13)21-16(14)19-17(22)23-15/h1-3,5-6,12H,4,7-8,18H2. The van der Waals surface area contributed by atoms with Gasteiger partial charge in [0, 0.05) is 24.3 Å². The van der Waals surface area contributed by atoms with Crippen LogP contribution in [0.15, 0.2) is 41.7 Å². The number of benzene rings is 1. The molecule has 2 aromatic rings. The van der Waals surface area contributed by atoms with E-state index in [1.165, 1.54) is 11.3 Å². The molecular weight excluding hydrogens is 328 g/mol. The fourth-order valence-electron chi connectivity index (χ4n) is 3.27. The fraction of sp³-hybridized carbons (Fsp3) is 0.235. The number of hydrogen-bond acceptors (Lipinski definition) is 6. The highest BCUT2D eigenvalue weighted by atomic mass is 32.1. The highest BCUT2D eigenvalue weighted by Crippen LogP contribution is 2.48. The van der Waals surface area contributed by atoms with Gasteiger partial charge in [-0.05, 0) is 24.2 Å². The lowest BCUT2D eigenvalue weighted by molar-refractivity contribution is -0.116. The molecule has 116 valence electrons. The molecule has 6 heteroatoms. The van der Waals surface area contributed by atoms with Crippen molar-refractivity contribution in [3.63, 3.8) is 0 Å². The first kappa shape index (κ1) is 14.5. The quantitative estimate of drug-likeness (QED) is 0.794. The monoisotopic (exact) mass is 342 g/mol. The first-order valence-electron chi connectivity index (χ1n) is 7.44. The summed E-state index contributed by atoms with van der Waals surface area (Å²) in [6, 6.07) is 9.91. The average Bonchev–Trinajstić information content (AvgIpc) is 2.54. The molecule has 23 heavy (non-hydrogen) atoms. The zero-order valence-corrected chi connectivity index (χ0v) is 13.9. The van der Waals surface area contributed by atoms with E-state index >= 15 is 0 Å². The number of nitrogens with zero attached hydrogens (tertiary/aromatic N) is 1. The Hall–Kier alpha value is -2.05. The molecule has 2 heterocycles. The van der Waals surface area contributed by atoms with Gasteiger partial charge in [-0.15, -0.1) is 0 Å². The van der Waals surface area contributed by atoms with Crippen molar-refractivity contribution in [1.82, 2.24) is 4.98 Å². The van der Waals surface area contributed by atoms with Crippen LogP contribution in [0, 0.1) is 3.95 Å². The second-order valence-electron chi connectivity index (χ2n) is 5.62. The number of carbonyl (C=O) groups excluding carboxylic acids is 1. The van der Waals surface area contributed by atoms with Crippen molar-refractivity contribution in [2.45, 2.75) is 25.2 Å². The molecule has 1 aliphatic heterocycles. The topological polar surface area (TPSA) is 65.2 Å². The van der Waals surface area contributed by atoms with Gasteiger partial charge >= 0.3 is 0 Å². The minimum absolute atomic E-state index is 0.137. The van der Waals surface area contributed by atoms with Crippen LogP contribution in [0.4, 0.5) is 5.00 Å². The van der Waals surface area contributed by atoms with Crippen molar-refractivity contribution in [1.29, 1.82) is 0 Å². The maximum atomic E-state index is 12.6. The summed E-state index contributed by atoms with van der Waals surface area (Å²) in [5.74, 6) is 1.09. The van der Waals surface area contributed by atoms with E-state index in [0.29, 0.717) is 21.3 Å². The van der Waals surface area contributed by atoms with Crippen LogP contribution in [0.1, 0.15) is 36.3 Å². The number of rotatable bonds is 1. The summed E-state index contributed by atoms with van der Waals surface area (Å²) < 4.78 is 6.37. The van der Waals surface area contributed by atoms with Crippen LogP contribution in [0.25, 0.3) is 0 Å². The number of allylic oxidation sites excluding steroid dienone is 2. The molecule has 0 spiro atoms. The number of Topliss-reactive ketones (excluding diaryl/α,β-unsaturated/α-hetero) is 1. The molecule has 0 fully saturated rings. The van der Waals surface area contributed by atoms with Crippen LogP contribution in [-0.2, 0) is 4.79 Å². The van der Waals surface area contributed by atoms with Crippen molar-refractivity contribution < 1.29 is 9.53 Å².